The quantitative estimate of drug-likeness (QED) is 0.709. The number of quaternary nitrogens is 1. The number of para-hydroxylation sites is 1. The lowest BCUT2D eigenvalue weighted by Crippen LogP contribution is -3.15. The number of carbonyl (C=O) groups excluding carboxylic acids is 2. The van der Waals surface area contributed by atoms with Crippen LogP contribution in [0, 0.1) is 0 Å². The molecular weight excluding hydrogens is 364 g/mol. The highest BCUT2D eigenvalue weighted by molar-refractivity contribution is 7.10. The third kappa shape index (κ3) is 2.37. The van der Waals surface area contributed by atoms with Crippen molar-refractivity contribution in [3.05, 3.63) is 74.1 Å². The molecule has 1 N–H and O–H groups in total. The summed E-state index contributed by atoms with van der Waals surface area (Å²) in [6.45, 7) is 1.47. The summed E-state index contributed by atoms with van der Waals surface area (Å²) in [5.41, 5.74) is 2.64. The molecule has 4 heterocycles. The van der Waals surface area contributed by atoms with Crippen LogP contribution in [-0.4, -0.2) is 24.9 Å². The summed E-state index contributed by atoms with van der Waals surface area (Å²) >= 11 is 3.58. The monoisotopic (exact) mass is 381 g/mol. The fraction of sp³-hybridized carbons (Fsp3) is 0.200. The number of Topliss-reactive ketones (excluding diaryl/α,β-unsaturated/α-hetero) is 1. The van der Waals surface area contributed by atoms with Gasteiger partial charge in [0.2, 0.25) is 0 Å². The Labute approximate surface area is 159 Å². The highest BCUT2D eigenvalue weighted by Crippen LogP contribution is 2.33. The first-order valence-electron chi connectivity index (χ1n) is 8.63. The second kappa shape index (κ2) is 6.16. The summed E-state index contributed by atoms with van der Waals surface area (Å²) in [6.07, 6.45) is 1.02. The van der Waals surface area contributed by atoms with Gasteiger partial charge in [-0.05, 0) is 35.0 Å². The number of ketones is 1. The minimum atomic E-state index is -0.403. The molecule has 2 atom stereocenters. The fourth-order valence-electron chi connectivity index (χ4n) is 4.04. The van der Waals surface area contributed by atoms with Gasteiger partial charge in [-0.15, -0.1) is 22.7 Å². The first-order valence-corrected chi connectivity index (χ1v) is 10.4. The number of rotatable bonds is 3. The number of hydrogen-bond acceptors (Lipinski definition) is 4. The van der Waals surface area contributed by atoms with Gasteiger partial charge in [-0.2, -0.15) is 0 Å². The zero-order valence-electron chi connectivity index (χ0n) is 14.0. The predicted octanol–water partition coefficient (Wildman–Crippen LogP) is 2.53. The van der Waals surface area contributed by atoms with E-state index in [0.29, 0.717) is 12.2 Å². The van der Waals surface area contributed by atoms with Crippen LogP contribution in [-0.2, 0) is 11.2 Å². The van der Waals surface area contributed by atoms with E-state index in [1.54, 1.807) is 22.3 Å². The van der Waals surface area contributed by atoms with E-state index < -0.39 is 5.91 Å². The lowest BCUT2D eigenvalue weighted by molar-refractivity contribution is -0.926. The number of amides is 1. The molecule has 1 unspecified atom stereocenters. The zero-order valence-corrected chi connectivity index (χ0v) is 15.6. The van der Waals surface area contributed by atoms with Crippen molar-refractivity contribution in [2.75, 3.05) is 18.1 Å². The van der Waals surface area contributed by atoms with E-state index in [0.717, 1.165) is 18.7 Å². The Hall–Kier alpha value is -2.28. The van der Waals surface area contributed by atoms with Crippen LogP contribution in [0.3, 0.4) is 0 Å². The molecule has 2 aliphatic heterocycles. The van der Waals surface area contributed by atoms with Gasteiger partial charge in [-0.1, -0.05) is 18.2 Å². The van der Waals surface area contributed by atoms with Crippen molar-refractivity contribution in [3.63, 3.8) is 0 Å². The Kier molecular flexibility index (Phi) is 3.77. The maximum Gasteiger partial charge on any atom is 0.303 e. The molecule has 0 spiro atoms. The van der Waals surface area contributed by atoms with E-state index in [4.69, 9.17) is 0 Å². The van der Waals surface area contributed by atoms with Crippen LogP contribution in [0.4, 0.5) is 5.69 Å². The van der Waals surface area contributed by atoms with E-state index in [1.807, 2.05) is 29.5 Å². The number of carbonyl (C=O) groups is 2. The predicted molar refractivity (Wildman–Crippen MR) is 103 cm³/mol. The number of anilines is 1. The molecule has 0 bridgehead atoms. The molecule has 0 aliphatic carbocycles. The second-order valence-corrected chi connectivity index (χ2v) is 8.62. The third-order valence-electron chi connectivity index (χ3n) is 5.24. The maximum absolute atomic E-state index is 12.6. The Morgan fingerprint density at radius 2 is 1.92 bits per heavy atom. The maximum atomic E-state index is 12.6. The van der Waals surface area contributed by atoms with Crippen molar-refractivity contribution >= 4 is 40.1 Å². The third-order valence-corrected chi connectivity index (χ3v) is 7.17. The molecule has 5 rings (SSSR count). The molecule has 0 radical (unpaired) electrons. The molecule has 4 nitrogen and oxygen atoms in total. The lowest BCUT2D eigenvalue weighted by atomic mass is 9.99. The fourth-order valence-corrected chi connectivity index (χ4v) is 5.86. The number of thiophene rings is 2. The van der Waals surface area contributed by atoms with Gasteiger partial charge in [0, 0.05) is 16.9 Å². The standard InChI is InChI=1S/C20H16N2O2S2/c23-19-13-4-1-2-5-15(13)22(20(19)24)12-21-9-7-16-14(8-11-26-16)18(21)17-6-3-10-25-17/h1-6,8,10-11,18H,7,9,12H2/p+1/t18-/m1/s1. The van der Waals surface area contributed by atoms with Crippen LogP contribution in [0.1, 0.15) is 31.7 Å². The van der Waals surface area contributed by atoms with Crippen LogP contribution >= 0.6 is 22.7 Å². The molecule has 0 fully saturated rings. The molecule has 1 aromatic carbocycles. The number of hydrogen-bond donors (Lipinski definition) is 1. The average Bonchev–Trinajstić information content (AvgIpc) is 3.39. The minimum absolute atomic E-state index is 0.223. The molecule has 2 aliphatic rings. The topological polar surface area (TPSA) is 41.8 Å². The van der Waals surface area contributed by atoms with Gasteiger partial charge in [-0.25, -0.2) is 0 Å². The molecule has 6 heteroatoms. The normalized spacial score (nSPS) is 21.8. The first-order chi connectivity index (χ1) is 12.7. The summed E-state index contributed by atoms with van der Waals surface area (Å²) < 4.78 is 0. The highest BCUT2D eigenvalue weighted by atomic mass is 32.1. The number of nitrogens with zero attached hydrogens (tertiary/aromatic N) is 1. The summed E-state index contributed by atoms with van der Waals surface area (Å²) in [5, 5.41) is 4.27. The van der Waals surface area contributed by atoms with Gasteiger partial charge in [-0.3, -0.25) is 14.5 Å². The SMILES string of the molecule is O=C1C(=O)N(C[NH+]2CCc3sccc3[C@@H]2c2cccs2)c2ccccc21. The molecule has 3 aromatic rings. The second-order valence-electron chi connectivity index (χ2n) is 6.64. The Bertz CT molecular complexity index is 993. The minimum Gasteiger partial charge on any atom is -0.306 e. The van der Waals surface area contributed by atoms with Crippen LogP contribution in [0.15, 0.2) is 53.2 Å². The summed E-state index contributed by atoms with van der Waals surface area (Å²) in [5.74, 6) is -0.791. The first kappa shape index (κ1) is 15.9. The van der Waals surface area contributed by atoms with Gasteiger partial charge in [0.15, 0.2) is 12.7 Å². The van der Waals surface area contributed by atoms with E-state index in [2.05, 4.69) is 29.0 Å². The molecule has 1 amide bonds. The van der Waals surface area contributed by atoms with Crippen LogP contribution < -0.4 is 9.80 Å². The van der Waals surface area contributed by atoms with Gasteiger partial charge in [0.25, 0.3) is 5.78 Å². The molecule has 0 saturated carbocycles. The van der Waals surface area contributed by atoms with Crippen LogP contribution in [0.2, 0.25) is 0 Å². The summed E-state index contributed by atoms with van der Waals surface area (Å²) in [6, 6.07) is 14.0. The van der Waals surface area contributed by atoms with Gasteiger partial charge in [0.1, 0.15) is 0 Å². The van der Waals surface area contributed by atoms with Crippen LogP contribution in [0.5, 0.6) is 0 Å². The largest absolute Gasteiger partial charge is 0.306 e. The van der Waals surface area contributed by atoms with Crippen molar-refractivity contribution in [2.24, 2.45) is 0 Å². The van der Waals surface area contributed by atoms with Crippen molar-refractivity contribution in [1.29, 1.82) is 0 Å². The molecular formula is C20H17N2O2S2+. The Morgan fingerprint density at radius 3 is 2.77 bits per heavy atom. The van der Waals surface area contributed by atoms with E-state index >= 15 is 0 Å². The molecule has 2 aromatic heterocycles. The molecule has 0 saturated heterocycles. The summed E-state index contributed by atoms with van der Waals surface area (Å²) in [4.78, 5) is 30.7. The Balaban J connectivity index is 1.52. The van der Waals surface area contributed by atoms with E-state index in [9.17, 15) is 9.59 Å². The van der Waals surface area contributed by atoms with Crippen molar-refractivity contribution in [1.82, 2.24) is 0 Å². The van der Waals surface area contributed by atoms with Crippen molar-refractivity contribution in [3.8, 4) is 0 Å². The Morgan fingerprint density at radius 1 is 1.04 bits per heavy atom. The highest BCUT2D eigenvalue weighted by Gasteiger charge is 2.41. The van der Waals surface area contributed by atoms with Crippen LogP contribution in [0.25, 0.3) is 0 Å². The average molecular weight is 382 g/mol. The number of benzene rings is 1. The van der Waals surface area contributed by atoms with Crippen molar-refractivity contribution in [2.45, 2.75) is 12.5 Å². The lowest BCUT2D eigenvalue weighted by Gasteiger charge is -2.34. The van der Waals surface area contributed by atoms with E-state index in [1.165, 1.54) is 20.2 Å². The van der Waals surface area contributed by atoms with Gasteiger partial charge >= 0.3 is 5.91 Å². The van der Waals surface area contributed by atoms with Gasteiger partial charge in [0.05, 0.1) is 22.7 Å². The van der Waals surface area contributed by atoms with E-state index in [-0.39, 0.29) is 11.8 Å². The van der Waals surface area contributed by atoms with Crippen molar-refractivity contribution < 1.29 is 14.5 Å². The zero-order chi connectivity index (χ0) is 17.7. The summed E-state index contributed by atoms with van der Waals surface area (Å²) in [7, 11) is 0. The molecule has 26 heavy (non-hydrogen) atoms. The smallest absolute Gasteiger partial charge is 0.303 e. The molecule has 130 valence electrons. The van der Waals surface area contributed by atoms with Gasteiger partial charge < -0.3 is 4.90 Å². The number of fused-ring (bicyclic) bond motifs is 2. The number of nitrogens with one attached hydrogen (secondary N) is 1.